The van der Waals surface area contributed by atoms with Crippen molar-refractivity contribution in [3.63, 3.8) is 0 Å². The number of hydrogen-bond acceptors (Lipinski definition) is 2. The zero-order valence-electron chi connectivity index (χ0n) is 10.8. The molecular formula is C15H10ClFIN3. The summed E-state index contributed by atoms with van der Waals surface area (Å²) >= 11 is 8.19. The average Bonchev–Trinajstić information content (AvgIpc) is 2.93. The highest BCUT2D eigenvalue weighted by molar-refractivity contribution is 14.1. The van der Waals surface area contributed by atoms with Gasteiger partial charge in [0.25, 0.3) is 0 Å². The van der Waals surface area contributed by atoms with Crippen molar-refractivity contribution in [2.75, 3.05) is 0 Å². The molecule has 0 bridgehead atoms. The van der Waals surface area contributed by atoms with E-state index in [9.17, 15) is 4.39 Å². The largest absolute Gasteiger partial charge is 0.248 e. The van der Waals surface area contributed by atoms with Crippen LogP contribution >= 0.6 is 34.2 Å². The zero-order valence-corrected chi connectivity index (χ0v) is 13.7. The van der Waals surface area contributed by atoms with Crippen LogP contribution in [0.5, 0.6) is 0 Å². The summed E-state index contributed by atoms with van der Waals surface area (Å²) in [7, 11) is 0. The molecule has 0 amide bonds. The zero-order chi connectivity index (χ0) is 14.8. The van der Waals surface area contributed by atoms with Gasteiger partial charge in [-0.3, -0.25) is 0 Å². The third-order valence-corrected chi connectivity index (χ3v) is 4.08. The number of halogens is 3. The van der Waals surface area contributed by atoms with E-state index < -0.39 is 5.82 Å². The van der Waals surface area contributed by atoms with E-state index in [0.717, 1.165) is 9.13 Å². The maximum absolute atomic E-state index is 13.4. The van der Waals surface area contributed by atoms with E-state index in [1.807, 2.05) is 24.3 Å². The molecule has 0 radical (unpaired) electrons. The van der Waals surface area contributed by atoms with Gasteiger partial charge in [-0.1, -0.05) is 35.9 Å². The van der Waals surface area contributed by atoms with Gasteiger partial charge in [-0.2, -0.15) is 5.10 Å². The van der Waals surface area contributed by atoms with Gasteiger partial charge in [0.2, 0.25) is 0 Å². The number of rotatable bonds is 3. The molecule has 3 rings (SSSR count). The Labute approximate surface area is 139 Å². The fraction of sp³-hybridized carbons (Fsp3) is 0.0667. The van der Waals surface area contributed by atoms with E-state index in [-0.39, 0.29) is 5.02 Å². The lowest BCUT2D eigenvalue weighted by molar-refractivity contribution is 0.620. The van der Waals surface area contributed by atoms with Crippen molar-refractivity contribution in [1.29, 1.82) is 0 Å². The number of hydrogen-bond donors (Lipinski definition) is 0. The number of benzene rings is 2. The third kappa shape index (κ3) is 3.24. The topological polar surface area (TPSA) is 30.7 Å². The van der Waals surface area contributed by atoms with Crippen molar-refractivity contribution in [3.8, 4) is 11.4 Å². The first-order valence-electron chi connectivity index (χ1n) is 6.22. The van der Waals surface area contributed by atoms with Crippen LogP contribution in [-0.2, 0) is 6.54 Å². The molecular weight excluding hydrogens is 404 g/mol. The summed E-state index contributed by atoms with van der Waals surface area (Å²) in [6.07, 6.45) is 1.62. The van der Waals surface area contributed by atoms with Crippen LogP contribution in [0.1, 0.15) is 5.56 Å². The minimum absolute atomic E-state index is 0.129. The van der Waals surface area contributed by atoms with Crippen LogP contribution in [0.2, 0.25) is 5.02 Å². The number of nitrogens with zero attached hydrogens (tertiary/aromatic N) is 3. The lowest BCUT2D eigenvalue weighted by Gasteiger charge is -2.04. The Kier molecular flexibility index (Phi) is 4.21. The van der Waals surface area contributed by atoms with Gasteiger partial charge in [0.15, 0.2) is 5.82 Å². The molecule has 3 aromatic rings. The molecule has 21 heavy (non-hydrogen) atoms. The maximum atomic E-state index is 13.4. The van der Waals surface area contributed by atoms with Gasteiger partial charge < -0.3 is 0 Å². The van der Waals surface area contributed by atoms with Gasteiger partial charge in [0.05, 0.1) is 11.6 Å². The lowest BCUT2D eigenvalue weighted by Crippen LogP contribution is -2.02. The molecule has 0 N–H and O–H groups in total. The maximum Gasteiger partial charge on any atom is 0.181 e. The van der Waals surface area contributed by atoms with Crippen molar-refractivity contribution in [1.82, 2.24) is 14.8 Å². The Bertz CT molecular complexity index is 788. The molecule has 3 nitrogen and oxygen atoms in total. The minimum atomic E-state index is -0.424. The second-order valence-corrected chi connectivity index (χ2v) is 6.11. The quantitative estimate of drug-likeness (QED) is 0.596. The smallest absolute Gasteiger partial charge is 0.181 e. The summed E-state index contributed by atoms with van der Waals surface area (Å²) in [5, 5.41) is 4.54. The van der Waals surface area contributed by atoms with E-state index in [2.05, 4.69) is 32.7 Å². The Hall–Kier alpha value is -1.47. The summed E-state index contributed by atoms with van der Waals surface area (Å²) in [6, 6.07) is 12.7. The van der Waals surface area contributed by atoms with Crippen LogP contribution in [-0.4, -0.2) is 14.8 Å². The molecule has 0 aliphatic carbocycles. The highest BCUT2D eigenvalue weighted by Gasteiger charge is 2.09. The van der Waals surface area contributed by atoms with Crippen molar-refractivity contribution < 1.29 is 4.39 Å². The predicted molar refractivity (Wildman–Crippen MR) is 88.7 cm³/mol. The van der Waals surface area contributed by atoms with Crippen molar-refractivity contribution >= 4 is 34.2 Å². The molecule has 0 aliphatic heterocycles. The molecule has 0 atom stereocenters. The van der Waals surface area contributed by atoms with Crippen molar-refractivity contribution in [2.45, 2.75) is 6.54 Å². The summed E-state index contributed by atoms with van der Waals surface area (Å²) in [5.41, 5.74) is 1.63. The van der Waals surface area contributed by atoms with Gasteiger partial charge in [-0.25, -0.2) is 14.1 Å². The van der Waals surface area contributed by atoms with Crippen LogP contribution in [0.25, 0.3) is 11.4 Å². The second kappa shape index (κ2) is 6.11. The lowest BCUT2D eigenvalue weighted by atomic mass is 10.2. The molecule has 0 saturated carbocycles. The Morgan fingerprint density at radius 1 is 1.19 bits per heavy atom. The van der Waals surface area contributed by atoms with Crippen LogP contribution < -0.4 is 0 Å². The van der Waals surface area contributed by atoms with Crippen molar-refractivity contribution in [3.05, 3.63) is 68.8 Å². The first-order valence-corrected chi connectivity index (χ1v) is 7.67. The highest BCUT2D eigenvalue weighted by atomic mass is 127. The van der Waals surface area contributed by atoms with Gasteiger partial charge >= 0.3 is 0 Å². The summed E-state index contributed by atoms with van der Waals surface area (Å²) in [6.45, 7) is 0.382. The number of aromatic nitrogens is 3. The van der Waals surface area contributed by atoms with Gasteiger partial charge in [0.1, 0.15) is 12.1 Å². The van der Waals surface area contributed by atoms with Crippen LogP contribution in [0.3, 0.4) is 0 Å². The molecule has 0 aliphatic rings. The minimum Gasteiger partial charge on any atom is -0.248 e. The molecule has 1 aromatic heterocycles. The predicted octanol–water partition coefficient (Wildman–Crippen LogP) is 4.39. The average molecular weight is 414 g/mol. The monoisotopic (exact) mass is 413 g/mol. The van der Waals surface area contributed by atoms with Crippen LogP contribution in [0.15, 0.2) is 48.8 Å². The first-order chi connectivity index (χ1) is 10.1. The van der Waals surface area contributed by atoms with Crippen LogP contribution in [0, 0.1) is 9.39 Å². The third-order valence-electron chi connectivity index (χ3n) is 2.98. The van der Waals surface area contributed by atoms with E-state index in [1.54, 1.807) is 23.1 Å². The Morgan fingerprint density at radius 2 is 2.00 bits per heavy atom. The summed E-state index contributed by atoms with van der Waals surface area (Å²) < 4.78 is 16.2. The fourth-order valence-electron chi connectivity index (χ4n) is 1.98. The van der Waals surface area contributed by atoms with Gasteiger partial charge in [-0.15, -0.1) is 0 Å². The standard InChI is InChI=1S/C15H10ClFIN3/c16-14-11(4-2-6-13(14)17)8-21-9-19-15(20-21)10-3-1-5-12(18)7-10/h1-7,9H,8H2. The van der Waals surface area contributed by atoms with E-state index in [0.29, 0.717) is 17.9 Å². The fourth-order valence-corrected chi connectivity index (χ4v) is 2.70. The highest BCUT2D eigenvalue weighted by Crippen LogP contribution is 2.21. The SMILES string of the molecule is Fc1cccc(Cn2cnc(-c3cccc(I)c3)n2)c1Cl. The summed E-state index contributed by atoms with van der Waals surface area (Å²) in [4.78, 5) is 4.29. The van der Waals surface area contributed by atoms with Gasteiger partial charge in [-0.05, 0) is 46.4 Å². The van der Waals surface area contributed by atoms with E-state index in [4.69, 9.17) is 11.6 Å². The Morgan fingerprint density at radius 3 is 2.81 bits per heavy atom. The van der Waals surface area contributed by atoms with Crippen LogP contribution in [0.4, 0.5) is 4.39 Å². The Balaban J connectivity index is 1.87. The molecule has 6 heteroatoms. The molecule has 106 valence electrons. The van der Waals surface area contributed by atoms with E-state index >= 15 is 0 Å². The molecule has 0 unspecified atom stereocenters. The molecule has 2 aromatic carbocycles. The molecule has 0 fully saturated rings. The van der Waals surface area contributed by atoms with Gasteiger partial charge in [0, 0.05) is 9.13 Å². The summed E-state index contributed by atoms with van der Waals surface area (Å²) in [5.74, 6) is 0.216. The van der Waals surface area contributed by atoms with Crippen molar-refractivity contribution in [2.24, 2.45) is 0 Å². The first kappa shape index (κ1) is 14.5. The molecule has 0 spiro atoms. The normalized spacial score (nSPS) is 10.8. The molecule has 1 heterocycles. The molecule has 0 saturated heterocycles. The van der Waals surface area contributed by atoms with E-state index in [1.165, 1.54) is 6.07 Å². The second-order valence-electron chi connectivity index (χ2n) is 4.49.